The number of rotatable bonds is 6. The summed E-state index contributed by atoms with van der Waals surface area (Å²) >= 11 is 0. The van der Waals surface area contributed by atoms with Crippen molar-refractivity contribution in [2.24, 2.45) is 5.92 Å². The minimum Gasteiger partial charge on any atom is -0.484 e. The molecule has 1 saturated heterocycles. The van der Waals surface area contributed by atoms with E-state index in [2.05, 4.69) is 6.92 Å². The fourth-order valence-electron chi connectivity index (χ4n) is 3.44. The third-order valence-corrected chi connectivity index (χ3v) is 5.17. The highest BCUT2D eigenvalue weighted by atomic mass is 16.5. The van der Waals surface area contributed by atoms with Crippen molar-refractivity contribution in [3.8, 4) is 5.75 Å². The quantitative estimate of drug-likeness (QED) is 0.863. The summed E-state index contributed by atoms with van der Waals surface area (Å²) in [5, 5.41) is 10.5. The van der Waals surface area contributed by atoms with Crippen LogP contribution in [-0.2, 0) is 11.2 Å². The maximum absolute atomic E-state index is 12.4. The Hall–Kier alpha value is -2.33. The van der Waals surface area contributed by atoms with Gasteiger partial charge in [-0.15, -0.1) is 0 Å². The second kappa shape index (κ2) is 8.86. The fourth-order valence-corrected chi connectivity index (χ4v) is 3.44. The van der Waals surface area contributed by atoms with Crippen LogP contribution in [0.25, 0.3) is 0 Å². The monoisotopic (exact) mass is 353 g/mol. The van der Waals surface area contributed by atoms with Crippen LogP contribution in [0.15, 0.2) is 54.6 Å². The standard InChI is InChI=1S/C22H27NO3/c1-2-17-8-10-20(11-9-17)26-16-21(24)23-14-12-19(13-15-23)22(25)18-6-4-3-5-7-18/h3-11,19,22,25H,2,12-16H2,1H3. The van der Waals surface area contributed by atoms with Gasteiger partial charge < -0.3 is 14.7 Å². The van der Waals surface area contributed by atoms with Crippen molar-refractivity contribution in [3.05, 3.63) is 65.7 Å². The molecule has 3 rings (SSSR count). The molecule has 0 bridgehead atoms. The van der Waals surface area contributed by atoms with Gasteiger partial charge in [0.1, 0.15) is 5.75 Å². The summed E-state index contributed by atoms with van der Waals surface area (Å²) in [7, 11) is 0. The first kappa shape index (κ1) is 18.5. The molecule has 138 valence electrons. The van der Waals surface area contributed by atoms with Crippen molar-refractivity contribution in [2.75, 3.05) is 19.7 Å². The molecule has 1 fully saturated rings. The molecule has 1 aliphatic rings. The van der Waals surface area contributed by atoms with Gasteiger partial charge in [-0.3, -0.25) is 4.79 Å². The smallest absolute Gasteiger partial charge is 0.260 e. The van der Waals surface area contributed by atoms with Crippen LogP contribution >= 0.6 is 0 Å². The molecule has 0 aliphatic carbocycles. The molecule has 2 aromatic rings. The van der Waals surface area contributed by atoms with Crippen LogP contribution in [0.5, 0.6) is 5.75 Å². The zero-order valence-corrected chi connectivity index (χ0v) is 15.3. The summed E-state index contributed by atoms with van der Waals surface area (Å²) in [6.45, 7) is 3.52. The van der Waals surface area contributed by atoms with E-state index in [-0.39, 0.29) is 18.4 Å². The average Bonchev–Trinajstić information content (AvgIpc) is 2.72. The molecule has 0 aromatic heterocycles. The summed E-state index contributed by atoms with van der Waals surface area (Å²) in [4.78, 5) is 14.2. The van der Waals surface area contributed by atoms with Crippen molar-refractivity contribution >= 4 is 5.91 Å². The zero-order valence-electron chi connectivity index (χ0n) is 15.3. The number of ether oxygens (including phenoxy) is 1. The van der Waals surface area contributed by atoms with Gasteiger partial charge in [0.15, 0.2) is 6.61 Å². The average molecular weight is 353 g/mol. The van der Waals surface area contributed by atoms with Crippen LogP contribution in [0.2, 0.25) is 0 Å². The van der Waals surface area contributed by atoms with Gasteiger partial charge in [0.05, 0.1) is 6.10 Å². The Bertz CT molecular complexity index is 691. The largest absolute Gasteiger partial charge is 0.484 e. The number of aliphatic hydroxyl groups is 1. The minimum absolute atomic E-state index is 0.0113. The molecule has 1 N–H and O–H groups in total. The number of likely N-dealkylation sites (tertiary alicyclic amines) is 1. The summed E-state index contributed by atoms with van der Waals surface area (Å²) < 4.78 is 5.62. The zero-order chi connectivity index (χ0) is 18.4. The third kappa shape index (κ3) is 4.64. The molecular formula is C22H27NO3. The number of carbonyl (C=O) groups is 1. The summed E-state index contributed by atoms with van der Waals surface area (Å²) in [5.41, 5.74) is 2.21. The van der Waals surface area contributed by atoms with E-state index >= 15 is 0 Å². The maximum Gasteiger partial charge on any atom is 0.260 e. The highest BCUT2D eigenvalue weighted by Gasteiger charge is 2.28. The molecule has 1 aliphatic heterocycles. The molecule has 26 heavy (non-hydrogen) atoms. The minimum atomic E-state index is -0.457. The van der Waals surface area contributed by atoms with Crippen molar-refractivity contribution < 1.29 is 14.6 Å². The van der Waals surface area contributed by atoms with Gasteiger partial charge in [0, 0.05) is 13.1 Å². The number of hydrogen-bond donors (Lipinski definition) is 1. The number of amides is 1. The normalized spacial score (nSPS) is 16.3. The van der Waals surface area contributed by atoms with Gasteiger partial charge in [-0.1, -0.05) is 49.4 Å². The van der Waals surface area contributed by atoms with E-state index in [1.54, 1.807) is 0 Å². The Morgan fingerprint density at radius 3 is 2.38 bits per heavy atom. The number of hydrogen-bond acceptors (Lipinski definition) is 3. The Balaban J connectivity index is 1.45. The van der Waals surface area contributed by atoms with Crippen LogP contribution in [-0.4, -0.2) is 35.6 Å². The van der Waals surface area contributed by atoms with E-state index in [9.17, 15) is 9.90 Å². The Morgan fingerprint density at radius 2 is 1.77 bits per heavy atom. The molecule has 4 nitrogen and oxygen atoms in total. The summed E-state index contributed by atoms with van der Waals surface area (Å²) in [6, 6.07) is 17.6. The Kier molecular flexibility index (Phi) is 6.29. The molecule has 0 spiro atoms. The molecule has 0 radical (unpaired) electrons. The van der Waals surface area contributed by atoms with E-state index in [4.69, 9.17) is 4.74 Å². The molecule has 4 heteroatoms. The molecule has 2 aromatic carbocycles. The number of aryl methyl sites for hydroxylation is 1. The molecule has 1 amide bonds. The summed E-state index contributed by atoms with van der Waals surface area (Å²) in [6.07, 6.45) is 2.16. The number of benzene rings is 2. The second-order valence-corrected chi connectivity index (χ2v) is 6.86. The van der Waals surface area contributed by atoms with E-state index in [1.165, 1.54) is 5.56 Å². The second-order valence-electron chi connectivity index (χ2n) is 6.86. The van der Waals surface area contributed by atoms with Crippen LogP contribution in [0, 0.1) is 5.92 Å². The van der Waals surface area contributed by atoms with E-state index < -0.39 is 6.10 Å². The molecule has 1 heterocycles. The highest BCUT2D eigenvalue weighted by molar-refractivity contribution is 5.77. The number of piperidine rings is 1. The van der Waals surface area contributed by atoms with Crippen molar-refractivity contribution in [2.45, 2.75) is 32.3 Å². The molecule has 0 saturated carbocycles. The lowest BCUT2D eigenvalue weighted by molar-refractivity contribution is -0.135. The van der Waals surface area contributed by atoms with Gasteiger partial charge in [-0.2, -0.15) is 0 Å². The van der Waals surface area contributed by atoms with Crippen LogP contribution in [0.4, 0.5) is 0 Å². The van der Waals surface area contributed by atoms with Gasteiger partial charge >= 0.3 is 0 Å². The van der Waals surface area contributed by atoms with E-state index in [1.807, 2.05) is 59.5 Å². The summed E-state index contributed by atoms with van der Waals surface area (Å²) in [5.74, 6) is 0.936. The van der Waals surface area contributed by atoms with Gasteiger partial charge in [-0.25, -0.2) is 0 Å². The predicted molar refractivity (Wildman–Crippen MR) is 102 cm³/mol. The van der Waals surface area contributed by atoms with Crippen molar-refractivity contribution in [1.82, 2.24) is 4.90 Å². The van der Waals surface area contributed by atoms with Gasteiger partial charge in [0.2, 0.25) is 0 Å². The van der Waals surface area contributed by atoms with Crippen molar-refractivity contribution in [1.29, 1.82) is 0 Å². The predicted octanol–water partition coefficient (Wildman–Crippen LogP) is 3.60. The lowest BCUT2D eigenvalue weighted by atomic mass is 9.87. The molecular weight excluding hydrogens is 326 g/mol. The first-order valence-electron chi connectivity index (χ1n) is 9.40. The third-order valence-electron chi connectivity index (χ3n) is 5.17. The van der Waals surface area contributed by atoms with E-state index in [0.717, 1.165) is 30.6 Å². The number of carbonyl (C=O) groups excluding carboxylic acids is 1. The Labute approximate surface area is 155 Å². The number of nitrogens with zero attached hydrogens (tertiary/aromatic N) is 1. The molecule has 1 unspecified atom stereocenters. The lowest BCUT2D eigenvalue weighted by Crippen LogP contribution is -2.42. The SMILES string of the molecule is CCc1ccc(OCC(=O)N2CCC(C(O)c3ccccc3)CC2)cc1. The Morgan fingerprint density at radius 1 is 1.12 bits per heavy atom. The maximum atomic E-state index is 12.4. The van der Waals surface area contributed by atoms with Gasteiger partial charge in [0.25, 0.3) is 5.91 Å². The van der Waals surface area contributed by atoms with Crippen LogP contribution in [0.3, 0.4) is 0 Å². The van der Waals surface area contributed by atoms with Crippen LogP contribution < -0.4 is 4.74 Å². The first-order chi connectivity index (χ1) is 12.7. The lowest BCUT2D eigenvalue weighted by Gasteiger charge is -2.34. The molecule has 1 atom stereocenters. The highest BCUT2D eigenvalue weighted by Crippen LogP contribution is 2.30. The first-order valence-corrected chi connectivity index (χ1v) is 9.40. The van der Waals surface area contributed by atoms with Crippen LogP contribution in [0.1, 0.15) is 37.0 Å². The van der Waals surface area contributed by atoms with Gasteiger partial charge in [-0.05, 0) is 48.4 Å². The van der Waals surface area contributed by atoms with E-state index in [0.29, 0.717) is 13.1 Å². The topological polar surface area (TPSA) is 49.8 Å². The van der Waals surface area contributed by atoms with Crippen molar-refractivity contribution in [3.63, 3.8) is 0 Å². The number of aliphatic hydroxyl groups excluding tert-OH is 1. The fraction of sp³-hybridized carbons (Fsp3) is 0.409.